The number of hydrogen-bond donors (Lipinski definition) is 1. The third-order valence-electron chi connectivity index (χ3n) is 3.30. The van der Waals surface area contributed by atoms with E-state index in [1.54, 1.807) is 11.8 Å². The molecule has 0 aromatic heterocycles. The van der Waals surface area contributed by atoms with Gasteiger partial charge in [0.05, 0.1) is 6.10 Å². The highest BCUT2D eigenvalue weighted by Gasteiger charge is 2.08. The normalized spacial score (nSPS) is 12.3. The Balaban J connectivity index is 1.95. The smallest absolute Gasteiger partial charge is 0.0884 e. The van der Waals surface area contributed by atoms with E-state index in [4.69, 9.17) is 0 Å². The Morgan fingerprint density at radius 1 is 1.10 bits per heavy atom. The van der Waals surface area contributed by atoms with Gasteiger partial charge in [0, 0.05) is 10.6 Å². The third kappa shape index (κ3) is 4.39. The Morgan fingerprint density at radius 3 is 2.55 bits per heavy atom. The minimum atomic E-state index is -0.405. The van der Waals surface area contributed by atoms with Gasteiger partial charge in [-0.3, -0.25) is 0 Å². The molecule has 0 saturated carbocycles. The monoisotopic (exact) mass is 286 g/mol. The molecule has 0 amide bonds. The molecule has 0 bridgehead atoms. The van der Waals surface area contributed by atoms with Crippen molar-refractivity contribution in [3.8, 4) is 0 Å². The molecule has 0 heterocycles. The molecule has 1 atom stereocenters. The van der Waals surface area contributed by atoms with Gasteiger partial charge in [-0.1, -0.05) is 55.3 Å². The third-order valence-corrected chi connectivity index (χ3v) is 4.39. The average Bonchev–Trinajstić information content (AvgIpc) is 2.47. The van der Waals surface area contributed by atoms with Crippen molar-refractivity contribution in [2.24, 2.45) is 0 Å². The first kappa shape index (κ1) is 15.1. The maximum atomic E-state index is 10.3. The molecule has 2 rings (SSSR count). The van der Waals surface area contributed by atoms with Gasteiger partial charge in [0.25, 0.3) is 0 Å². The lowest BCUT2D eigenvalue weighted by atomic mass is 10.0. The lowest BCUT2D eigenvalue weighted by molar-refractivity contribution is 0.204. The Kier molecular flexibility index (Phi) is 5.69. The van der Waals surface area contributed by atoms with Crippen LogP contribution in [0.15, 0.2) is 53.4 Å². The van der Waals surface area contributed by atoms with Gasteiger partial charge in [-0.25, -0.2) is 0 Å². The van der Waals surface area contributed by atoms with Crippen LogP contribution in [0.4, 0.5) is 0 Å². The fourth-order valence-electron chi connectivity index (χ4n) is 2.15. The molecule has 0 saturated heterocycles. The molecular formula is C18H22OS. The van der Waals surface area contributed by atoms with Crippen LogP contribution < -0.4 is 0 Å². The van der Waals surface area contributed by atoms with Gasteiger partial charge in [0.2, 0.25) is 0 Å². The molecular weight excluding hydrogens is 264 g/mol. The largest absolute Gasteiger partial charge is 0.388 e. The Hall–Kier alpha value is -1.25. The van der Waals surface area contributed by atoms with E-state index in [1.165, 1.54) is 16.0 Å². The van der Waals surface area contributed by atoms with Gasteiger partial charge < -0.3 is 5.11 Å². The van der Waals surface area contributed by atoms with Gasteiger partial charge in [0.15, 0.2) is 0 Å². The predicted molar refractivity (Wildman–Crippen MR) is 87.3 cm³/mol. The summed E-state index contributed by atoms with van der Waals surface area (Å²) >= 11 is 1.70. The van der Waals surface area contributed by atoms with E-state index >= 15 is 0 Å². The first-order valence-corrected chi connectivity index (χ1v) is 8.14. The van der Waals surface area contributed by atoms with Crippen LogP contribution in [0.5, 0.6) is 0 Å². The molecule has 2 heteroatoms. The zero-order valence-corrected chi connectivity index (χ0v) is 13.0. The van der Waals surface area contributed by atoms with Crippen LogP contribution in [-0.4, -0.2) is 10.9 Å². The van der Waals surface area contributed by atoms with Crippen LogP contribution in [-0.2, 0) is 6.42 Å². The molecule has 106 valence electrons. The molecule has 1 unspecified atom stereocenters. The molecule has 1 N–H and O–H groups in total. The summed E-state index contributed by atoms with van der Waals surface area (Å²) in [6, 6.07) is 16.8. The van der Waals surface area contributed by atoms with Crippen molar-refractivity contribution >= 4 is 11.8 Å². The molecule has 2 aromatic rings. The van der Waals surface area contributed by atoms with Crippen molar-refractivity contribution in [2.45, 2.75) is 37.7 Å². The summed E-state index contributed by atoms with van der Waals surface area (Å²) in [5.74, 6) is 0.693. The fraction of sp³-hybridized carbons (Fsp3) is 0.333. The van der Waals surface area contributed by atoms with Crippen LogP contribution in [0.2, 0.25) is 0 Å². The summed E-state index contributed by atoms with van der Waals surface area (Å²) in [6.45, 7) is 4.26. The van der Waals surface area contributed by atoms with Crippen LogP contribution in [0.25, 0.3) is 0 Å². The van der Waals surface area contributed by atoms with E-state index < -0.39 is 6.10 Å². The molecule has 0 spiro atoms. The summed E-state index contributed by atoms with van der Waals surface area (Å²) in [5.41, 5.74) is 3.60. The molecule has 20 heavy (non-hydrogen) atoms. The Bertz CT molecular complexity index is 533. The summed E-state index contributed by atoms with van der Waals surface area (Å²) in [4.78, 5) is 1.21. The highest BCUT2D eigenvalue weighted by atomic mass is 32.2. The van der Waals surface area contributed by atoms with E-state index in [2.05, 4.69) is 50.2 Å². The van der Waals surface area contributed by atoms with Crippen LogP contribution in [0.1, 0.15) is 36.1 Å². The maximum absolute atomic E-state index is 10.3. The summed E-state index contributed by atoms with van der Waals surface area (Å²) in [6.07, 6.45) is 1.81. The topological polar surface area (TPSA) is 20.2 Å². The summed E-state index contributed by atoms with van der Waals surface area (Å²) in [7, 11) is 0. The molecule has 0 aliphatic heterocycles. The first-order valence-electron chi connectivity index (χ1n) is 7.15. The van der Waals surface area contributed by atoms with E-state index in [-0.39, 0.29) is 0 Å². The summed E-state index contributed by atoms with van der Waals surface area (Å²) in [5, 5.41) is 10.3. The highest BCUT2D eigenvalue weighted by Crippen LogP contribution is 2.25. The minimum Gasteiger partial charge on any atom is -0.388 e. The van der Waals surface area contributed by atoms with Crippen LogP contribution >= 0.6 is 11.8 Å². The molecule has 0 aliphatic carbocycles. The van der Waals surface area contributed by atoms with Crippen molar-refractivity contribution in [2.75, 3.05) is 5.75 Å². The molecule has 0 aliphatic rings. The van der Waals surface area contributed by atoms with Gasteiger partial charge in [0.1, 0.15) is 0 Å². The number of aliphatic hydroxyl groups is 1. The molecule has 1 nitrogen and oxygen atoms in total. The average molecular weight is 286 g/mol. The number of thioether (sulfide) groups is 1. The van der Waals surface area contributed by atoms with Gasteiger partial charge in [-0.2, -0.15) is 0 Å². The van der Waals surface area contributed by atoms with Gasteiger partial charge in [-0.05, 0) is 36.6 Å². The highest BCUT2D eigenvalue weighted by molar-refractivity contribution is 7.99. The fourth-order valence-corrected chi connectivity index (χ4v) is 3.02. The van der Waals surface area contributed by atoms with E-state index in [9.17, 15) is 5.11 Å². The van der Waals surface area contributed by atoms with Crippen molar-refractivity contribution in [1.29, 1.82) is 0 Å². The second kappa shape index (κ2) is 7.51. The number of rotatable bonds is 6. The predicted octanol–water partition coefficient (Wildman–Crippen LogP) is 4.77. The van der Waals surface area contributed by atoms with E-state index in [1.807, 2.05) is 12.1 Å². The Morgan fingerprint density at radius 2 is 1.85 bits per heavy atom. The second-order valence-corrected chi connectivity index (χ2v) is 6.23. The maximum Gasteiger partial charge on any atom is 0.0884 e. The lowest BCUT2D eigenvalue weighted by Crippen LogP contribution is -2.01. The number of aliphatic hydroxyl groups excluding tert-OH is 1. The number of aryl methyl sites for hydroxylation is 2. The number of benzene rings is 2. The van der Waals surface area contributed by atoms with Crippen molar-refractivity contribution in [3.05, 3.63) is 65.2 Å². The van der Waals surface area contributed by atoms with Gasteiger partial charge in [-0.15, -0.1) is 11.8 Å². The van der Waals surface area contributed by atoms with E-state index in [0.29, 0.717) is 5.75 Å². The van der Waals surface area contributed by atoms with Gasteiger partial charge >= 0.3 is 0 Å². The van der Waals surface area contributed by atoms with E-state index in [0.717, 1.165) is 18.4 Å². The SMILES string of the molecule is CCCc1cccc(C(O)CSc2ccc(C)cc2)c1. The van der Waals surface area contributed by atoms with Crippen molar-refractivity contribution in [3.63, 3.8) is 0 Å². The second-order valence-electron chi connectivity index (χ2n) is 5.13. The zero-order chi connectivity index (χ0) is 14.4. The molecule has 0 radical (unpaired) electrons. The standard InChI is InChI=1S/C18H22OS/c1-3-5-15-6-4-7-16(12-15)18(19)13-20-17-10-8-14(2)9-11-17/h4,6-12,18-19H,3,5,13H2,1-2H3. The molecule has 0 fully saturated rings. The quantitative estimate of drug-likeness (QED) is 0.772. The first-order chi connectivity index (χ1) is 9.69. The molecule has 2 aromatic carbocycles. The lowest BCUT2D eigenvalue weighted by Gasteiger charge is -2.12. The van der Waals surface area contributed by atoms with Crippen molar-refractivity contribution < 1.29 is 5.11 Å². The van der Waals surface area contributed by atoms with Crippen LogP contribution in [0, 0.1) is 6.92 Å². The zero-order valence-electron chi connectivity index (χ0n) is 12.2. The van der Waals surface area contributed by atoms with Crippen LogP contribution in [0.3, 0.4) is 0 Å². The number of hydrogen-bond acceptors (Lipinski definition) is 2. The summed E-state index contributed by atoms with van der Waals surface area (Å²) < 4.78 is 0. The van der Waals surface area contributed by atoms with Crippen molar-refractivity contribution in [1.82, 2.24) is 0 Å². The Labute approximate surface area is 126 Å². The minimum absolute atomic E-state index is 0.405.